The van der Waals surface area contributed by atoms with Gasteiger partial charge in [-0.15, -0.1) is 0 Å². The molecule has 0 heterocycles. The van der Waals surface area contributed by atoms with Crippen LogP contribution in [0.2, 0.25) is 0 Å². The van der Waals surface area contributed by atoms with Crippen molar-refractivity contribution >= 4 is 17.9 Å². The van der Waals surface area contributed by atoms with Crippen molar-refractivity contribution in [2.45, 2.75) is 360 Å². The largest absolute Gasteiger partial charge is 0.477 e. The van der Waals surface area contributed by atoms with Crippen molar-refractivity contribution in [2.24, 2.45) is 0 Å². The van der Waals surface area contributed by atoms with E-state index >= 15 is 0 Å². The van der Waals surface area contributed by atoms with E-state index in [2.05, 4.69) is 135 Å². The Balaban J connectivity index is 4.08. The van der Waals surface area contributed by atoms with Crippen LogP contribution in [0.25, 0.3) is 0 Å². The van der Waals surface area contributed by atoms with Crippen LogP contribution in [0, 0.1) is 0 Å². The van der Waals surface area contributed by atoms with Gasteiger partial charge in [0.2, 0.25) is 0 Å². The number of nitrogens with zero attached hydrogens (tertiary/aromatic N) is 1. The van der Waals surface area contributed by atoms with Gasteiger partial charge >= 0.3 is 17.9 Å². The van der Waals surface area contributed by atoms with E-state index in [-0.39, 0.29) is 32.2 Å². The molecule has 1 N–H and O–H groups in total. The molecular weight excluding hydrogens is 1170 g/mol. The second-order valence-electron chi connectivity index (χ2n) is 27.7. The molecule has 9 nitrogen and oxygen atoms in total. The van der Waals surface area contributed by atoms with Gasteiger partial charge in [0.15, 0.2) is 6.10 Å². The van der Waals surface area contributed by atoms with E-state index in [1.165, 1.54) is 205 Å². The number of hydrogen-bond acceptors (Lipinski definition) is 7. The van der Waals surface area contributed by atoms with Crippen LogP contribution in [0.5, 0.6) is 0 Å². The Morgan fingerprint density at radius 2 is 0.600 bits per heavy atom. The summed E-state index contributed by atoms with van der Waals surface area (Å²) in [5, 5.41) is 9.77. The molecule has 0 aromatic heterocycles. The lowest BCUT2D eigenvalue weighted by molar-refractivity contribution is -0.870. The summed E-state index contributed by atoms with van der Waals surface area (Å²) in [6.07, 6.45) is 105. The standard InChI is InChI=1S/C86H149NO8/c1-6-8-10-12-14-16-18-20-22-24-26-28-30-32-34-36-37-38-39-40-41-42-43-44-45-46-47-49-51-53-55-57-59-61-63-65-67-69-71-73-75-77-84(89)95-82(81-94-86(85(90)91)92-79-78-87(3,4)5)80-93-83(88)76-74-72-70-68-66-64-62-60-58-56-54-52-50-48-35-33-31-29-27-25-23-21-19-17-15-13-11-9-7-2/h8,10,14,16,20,22,26,28,32,34,37-38,40-41,43-44,46-47,51,53,82,86H,6-7,9,11-13,15,17-19,21,23-25,27,29-31,33,35-36,39,42,45,48-50,52,54-81H2,1-5H3/p+1/b10-8-,16-14-,22-20-,28-26-,34-32-,38-37-,41-40-,44-43-,47-46-,53-51-. The first kappa shape index (κ1) is 90.7. The van der Waals surface area contributed by atoms with Crippen molar-refractivity contribution < 1.29 is 42.9 Å². The Morgan fingerprint density at radius 1 is 0.326 bits per heavy atom. The quantitative estimate of drug-likeness (QED) is 0.0211. The Hall–Kier alpha value is -4.31. The van der Waals surface area contributed by atoms with Crippen LogP contribution in [0.1, 0.15) is 348 Å². The first-order valence-electron chi connectivity index (χ1n) is 39.7. The van der Waals surface area contributed by atoms with Crippen molar-refractivity contribution in [3.8, 4) is 0 Å². The molecule has 546 valence electrons. The van der Waals surface area contributed by atoms with Crippen molar-refractivity contribution in [2.75, 3.05) is 47.5 Å². The van der Waals surface area contributed by atoms with Gasteiger partial charge in [0, 0.05) is 12.8 Å². The Morgan fingerprint density at radius 3 is 0.895 bits per heavy atom. The van der Waals surface area contributed by atoms with Crippen molar-refractivity contribution in [1.29, 1.82) is 0 Å². The molecule has 0 saturated heterocycles. The van der Waals surface area contributed by atoms with Gasteiger partial charge in [-0.05, 0) is 89.9 Å². The summed E-state index contributed by atoms with van der Waals surface area (Å²) < 4.78 is 23.0. The van der Waals surface area contributed by atoms with Crippen molar-refractivity contribution in [1.82, 2.24) is 0 Å². The molecule has 0 aromatic carbocycles. The molecule has 95 heavy (non-hydrogen) atoms. The SMILES string of the molecule is CC/C=C\C/C=C\C/C=C\C/C=C\C/C=C\C/C=C\C/C=C\C/C=C\C/C=C\C/C=C\CCCCCCCCCCCCC(=O)OC(COC(=O)CCCCCCCCCCCCCCCCCCCCCCCCCCCCCCC)COC(OCC[N+](C)(C)C)C(=O)O. The second kappa shape index (κ2) is 75.5. The fraction of sp³-hybridized carbons (Fsp3) is 0.733. The number of hydrogen-bond donors (Lipinski definition) is 1. The molecule has 0 saturated carbocycles. The van der Waals surface area contributed by atoms with Gasteiger partial charge in [-0.1, -0.05) is 367 Å². The third-order valence-electron chi connectivity index (χ3n) is 17.2. The van der Waals surface area contributed by atoms with Gasteiger partial charge in [-0.2, -0.15) is 0 Å². The summed E-state index contributed by atoms with van der Waals surface area (Å²) in [5.74, 6) is -2.00. The molecule has 2 atom stereocenters. The highest BCUT2D eigenvalue weighted by molar-refractivity contribution is 5.71. The number of carbonyl (C=O) groups is 3. The van der Waals surface area contributed by atoms with Gasteiger partial charge in [-0.3, -0.25) is 9.59 Å². The Kier molecular flexibility index (Phi) is 72.0. The summed E-state index contributed by atoms with van der Waals surface area (Å²) >= 11 is 0. The van der Waals surface area contributed by atoms with Gasteiger partial charge in [0.25, 0.3) is 6.29 Å². The van der Waals surface area contributed by atoms with E-state index in [1.54, 1.807) is 0 Å². The third kappa shape index (κ3) is 76.9. The smallest absolute Gasteiger partial charge is 0.361 e. The van der Waals surface area contributed by atoms with Crippen LogP contribution in [0.3, 0.4) is 0 Å². The molecule has 9 heteroatoms. The van der Waals surface area contributed by atoms with E-state index in [4.69, 9.17) is 18.9 Å². The Labute approximate surface area is 587 Å². The number of carbonyl (C=O) groups excluding carboxylic acids is 2. The van der Waals surface area contributed by atoms with Crippen LogP contribution < -0.4 is 0 Å². The number of carboxylic acids is 1. The zero-order valence-electron chi connectivity index (χ0n) is 62.6. The molecule has 0 bridgehead atoms. The minimum absolute atomic E-state index is 0.184. The topological polar surface area (TPSA) is 108 Å². The number of quaternary nitrogens is 1. The van der Waals surface area contributed by atoms with Crippen LogP contribution in [-0.2, 0) is 33.3 Å². The zero-order valence-corrected chi connectivity index (χ0v) is 62.6. The van der Waals surface area contributed by atoms with Gasteiger partial charge in [0.05, 0.1) is 34.4 Å². The molecule has 0 radical (unpaired) electrons. The zero-order chi connectivity index (χ0) is 69.0. The molecule has 0 aliphatic heterocycles. The van der Waals surface area contributed by atoms with Crippen molar-refractivity contribution in [3.05, 3.63) is 122 Å². The second-order valence-corrected chi connectivity index (χ2v) is 27.7. The predicted octanol–water partition coefficient (Wildman–Crippen LogP) is 25.5. The van der Waals surface area contributed by atoms with Gasteiger partial charge in [0.1, 0.15) is 13.2 Å². The monoisotopic (exact) mass is 1330 g/mol. The maximum atomic E-state index is 13.0. The molecule has 0 rings (SSSR count). The lowest BCUT2D eigenvalue weighted by Crippen LogP contribution is -2.40. The van der Waals surface area contributed by atoms with Crippen LogP contribution in [0.15, 0.2) is 122 Å². The highest BCUT2D eigenvalue weighted by Gasteiger charge is 2.25. The lowest BCUT2D eigenvalue weighted by atomic mass is 10.0. The summed E-state index contributed by atoms with van der Waals surface area (Å²) in [7, 11) is 5.98. The number of aliphatic carboxylic acids is 1. The Bertz CT molecular complexity index is 1980. The highest BCUT2D eigenvalue weighted by Crippen LogP contribution is 2.19. The number of esters is 2. The normalized spacial score (nSPS) is 13.3. The van der Waals surface area contributed by atoms with E-state index < -0.39 is 24.3 Å². The van der Waals surface area contributed by atoms with Gasteiger partial charge in [-0.25, -0.2) is 4.79 Å². The summed E-state index contributed by atoms with van der Waals surface area (Å²) in [6, 6.07) is 0. The molecular formula is C86H150NO8+. The minimum Gasteiger partial charge on any atom is -0.477 e. The third-order valence-corrected chi connectivity index (χ3v) is 17.2. The fourth-order valence-corrected chi connectivity index (χ4v) is 11.2. The number of rotatable bonds is 73. The van der Waals surface area contributed by atoms with E-state index in [9.17, 15) is 19.5 Å². The average Bonchev–Trinajstić information content (AvgIpc) is 3.54. The van der Waals surface area contributed by atoms with Crippen molar-refractivity contribution in [3.63, 3.8) is 0 Å². The molecule has 0 aromatic rings. The molecule has 0 aliphatic carbocycles. The average molecular weight is 1330 g/mol. The highest BCUT2D eigenvalue weighted by atomic mass is 16.7. The maximum Gasteiger partial charge on any atom is 0.361 e. The summed E-state index contributed by atoms with van der Waals surface area (Å²) in [5.41, 5.74) is 0. The number of likely N-dealkylation sites (N-methyl/N-ethyl adjacent to an activating group) is 1. The first-order chi connectivity index (χ1) is 46.6. The summed E-state index contributed by atoms with van der Waals surface area (Å²) in [4.78, 5) is 37.7. The number of ether oxygens (including phenoxy) is 4. The van der Waals surface area contributed by atoms with Crippen LogP contribution in [-0.4, -0.2) is 87.4 Å². The number of unbranched alkanes of at least 4 members (excludes halogenated alkanes) is 38. The lowest BCUT2D eigenvalue weighted by Gasteiger charge is -2.25. The van der Waals surface area contributed by atoms with E-state index in [1.807, 2.05) is 21.1 Å². The fourth-order valence-electron chi connectivity index (χ4n) is 11.2. The predicted molar refractivity (Wildman–Crippen MR) is 410 cm³/mol. The van der Waals surface area contributed by atoms with Crippen LogP contribution in [0.4, 0.5) is 0 Å². The van der Waals surface area contributed by atoms with Crippen LogP contribution >= 0.6 is 0 Å². The maximum absolute atomic E-state index is 13.0. The first-order valence-corrected chi connectivity index (χ1v) is 39.7. The van der Waals surface area contributed by atoms with E-state index in [0.717, 1.165) is 109 Å². The number of allylic oxidation sites excluding steroid dienone is 20. The van der Waals surface area contributed by atoms with E-state index in [0.29, 0.717) is 23.9 Å². The molecule has 0 aliphatic rings. The van der Waals surface area contributed by atoms with Gasteiger partial charge < -0.3 is 28.5 Å². The number of carboxylic acid groups (broad SMARTS) is 1. The summed E-state index contributed by atoms with van der Waals surface area (Å²) in [6.45, 7) is 4.80. The molecule has 0 amide bonds. The molecule has 0 fully saturated rings. The molecule has 0 spiro atoms. The minimum atomic E-state index is -1.52. The molecule has 2 unspecified atom stereocenters.